The number of nitrogens with zero attached hydrogens (tertiary/aromatic N) is 3. The Morgan fingerprint density at radius 3 is 2.88 bits per heavy atom. The summed E-state index contributed by atoms with van der Waals surface area (Å²) in [6.45, 7) is 2.94. The Morgan fingerprint density at radius 2 is 2.17 bits per heavy atom. The number of carbonyl (C=O) groups is 2. The first-order chi connectivity index (χ1) is 11.6. The molecule has 7 heteroatoms. The van der Waals surface area contributed by atoms with Gasteiger partial charge in [0, 0.05) is 36.6 Å². The molecule has 24 heavy (non-hydrogen) atoms. The van der Waals surface area contributed by atoms with Crippen LogP contribution in [0.2, 0.25) is 0 Å². The van der Waals surface area contributed by atoms with Gasteiger partial charge in [-0.2, -0.15) is 0 Å². The van der Waals surface area contributed by atoms with Crippen LogP contribution in [0.4, 0.5) is 16.3 Å². The lowest BCUT2D eigenvalue weighted by Gasteiger charge is -2.17. The molecule has 1 aliphatic rings. The van der Waals surface area contributed by atoms with E-state index in [-0.39, 0.29) is 17.9 Å². The number of rotatable bonds is 4. The van der Waals surface area contributed by atoms with E-state index in [4.69, 9.17) is 0 Å². The van der Waals surface area contributed by atoms with Crippen LogP contribution in [-0.4, -0.2) is 28.5 Å². The largest absolute Gasteiger partial charge is 0.332 e. The Kier molecular flexibility index (Phi) is 4.69. The molecule has 2 aromatic rings. The Labute approximate surface area is 140 Å². The van der Waals surface area contributed by atoms with Crippen LogP contribution in [0.1, 0.15) is 19.0 Å². The molecule has 0 bridgehead atoms. The summed E-state index contributed by atoms with van der Waals surface area (Å²) in [6, 6.07) is 8.62. The number of anilines is 2. The molecule has 0 aliphatic carbocycles. The lowest BCUT2D eigenvalue weighted by atomic mass is 10.1. The number of aromatic nitrogens is 2. The van der Waals surface area contributed by atoms with Crippen molar-refractivity contribution in [2.75, 3.05) is 16.8 Å². The molecule has 1 fully saturated rings. The van der Waals surface area contributed by atoms with Crippen molar-refractivity contribution < 1.29 is 9.59 Å². The topological polar surface area (TPSA) is 87.2 Å². The predicted octanol–water partition coefficient (Wildman–Crippen LogP) is 2.17. The Balaban J connectivity index is 1.60. The Hall–Kier alpha value is -2.96. The number of nitrogens with one attached hydrogen (secondary N) is 2. The van der Waals surface area contributed by atoms with Gasteiger partial charge in [-0.05, 0) is 24.6 Å². The van der Waals surface area contributed by atoms with Crippen molar-refractivity contribution in [1.82, 2.24) is 15.3 Å². The second kappa shape index (κ2) is 7.08. The van der Waals surface area contributed by atoms with Crippen molar-refractivity contribution in [3.8, 4) is 0 Å². The molecule has 0 saturated carbocycles. The minimum atomic E-state index is -0.369. The zero-order chi connectivity index (χ0) is 16.9. The van der Waals surface area contributed by atoms with Gasteiger partial charge in [0.05, 0.1) is 12.2 Å². The van der Waals surface area contributed by atoms with Crippen molar-refractivity contribution in [2.24, 2.45) is 5.92 Å². The summed E-state index contributed by atoms with van der Waals surface area (Å²) < 4.78 is 0. The Bertz CT molecular complexity index is 735. The maximum Gasteiger partial charge on any atom is 0.320 e. The molecule has 0 spiro atoms. The number of hydrogen-bond donors (Lipinski definition) is 2. The van der Waals surface area contributed by atoms with Crippen LogP contribution in [0.5, 0.6) is 0 Å². The molecule has 0 radical (unpaired) electrons. The average molecular weight is 325 g/mol. The van der Waals surface area contributed by atoms with Crippen LogP contribution in [-0.2, 0) is 11.3 Å². The highest BCUT2D eigenvalue weighted by Gasteiger charge is 2.29. The number of pyridine rings is 2. The lowest BCUT2D eigenvalue weighted by molar-refractivity contribution is -0.119. The quantitative estimate of drug-likeness (QED) is 0.902. The van der Waals surface area contributed by atoms with Crippen LogP contribution in [0.25, 0.3) is 0 Å². The highest BCUT2D eigenvalue weighted by molar-refractivity contribution is 5.97. The SMILES string of the molecule is CC1CCN(c2ccnc(NC(=O)NCc3ccccn3)c2)C1=O. The summed E-state index contributed by atoms with van der Waals surface area (Å²) in [4.78, 5) is 34.0. The molecule has 1 atom stereocenters. The summed E-state index contributed by atoms with van der Waals surface area (Å²) >= 11 is 0. The number of hydrogen-bond acceptors (Lipinski definition) is 4. The summed E-state index contributed by atoms with van der Waals surface area (Å²) in [6.07, 6.45) is 4.10. The third kappa shape index (κ3) is 3.68. The van der Waals surface area contributed by atoms with Gasteiger partial charge in [0.25, 0.3) is 0 Å². The van der Waals surface area contributed by atoms with Gasteiger partial charge in [0.15, 0.2) is 0 Å². The molecule has 1 saturated heterocycles. The van der Waals surface area contributed by atoms with Crippen LogP contribution < -0.4 is 15.5 Å². The van der Waals surface area contributed by atoms with E-state index in [9.17, 15) is 9.59 Å². The normalized spacial score (nSPS) is 17.0. The third-order valence-electron chi connectivity index (χ3n) is 3.93. The van der Waals surface area contributed by atoms with Crippen molar-refractivity contribution in [1.29, 1.82) is 0 Å². The van der Waals surface area contributed by atoms with E-state index in [1.165, 1.54) is 0 Å². The molecule has 7 nitrogen and oxygen atoms in total. The van der Waals surface area contributed by atoms with Gasteiger partial charge in [-0.15, -0.1) is 0 Å². The molecule has 3 amide bonds. The summed E-state index contributed by atoms with van der Waals surface area (Å²) in [5.74, 6) is 0.543. The zero-order valence-corrected chi connectivity index (χ0v) is 13.4. The van der Waals surface area contributed by atoms with Crippen LogP contribution in [0.15, 0.2) is 42.7 Å². The van der Waals surface area contributed by atoms with Crippen molar-refractivity contribution >= 4 is 23.4 Å². The molecule has 1 aliphatic heterocycles. The smallest absolute Gasteiger partial charge is 0.320 e. The van der Waals surface area contributed by atoms with E-state index in [0.717, 1.165) is 17.8 Å². The van der Waals surface area contributed by atoms with Gasteiger partial charge in [-0.3, -0.25) is 15.1 Å². The highest BCUT2D eigenvalue weighted by Crippen LogP contribution is 2.25. The maximum atomic E-state index is 12.1. The molecule has 2 aromatic heterocycles. The number of carbonyl (C=O) groups excluding carboxylic acids is 2. The van der Waals surface area contributed by atoms with Crippen molar-refractivity contribution in [3.63, 3.8) is 0 Å². The number of amides is 3. The summed E-state index contributed by atoms with van der Waals surface area (Å²) in [7, 11) is 0. The van der Waals surface area contributed by atoms with E-state index in [1.54, 1.807) is 29.4 Å². The summed E-state index contributed by atoms with van der Waals surface area (Å²) in [5, 5.41) is 5.39. The average Bonchev–Trinajstić information content (AvgIpc) is 2.93. The fraction of sp³-hybridized carbons (Fsp3) is 0.294. The molecular weight excluding hydrogens is 306 g/mol. The predicted molar refractivity (Wildman–Crippen MR) is 90.5 cm³/mol. The third-order valence-corrected chi connectivity index (χ3v) is 3.93. The van der Waals surface area contributed by atoms with E-state index in [2.05, 4.69) is 20.6 Å². The first-order valence-corrected chi connectivity index (χ1v) is 7.85. The van der Waals surface area contributed by atoms with E-state index in [1.807, 2.05) is 25.1 Å². The van der Waals surface area contributed by atoms with Gasteiger partial charge < -0.3 is 10.2 Å². The zero-order valence-electron chi connectivity index (χ0n) is 13.4. The minimum absolute atomic E-state index is 0.0382. The van der Waals surface area contributed by atoms with Gasteiger partial charge in [-0.1, -0.05) is 13.0 Å². The number of urea groups is 1. The monoisotopic (exact) mass is 325 g/mol. The second-order valence-electron chi connectivity index (χ2n) is 5.71. The maximum absolute atomic E-state index is 12.1. The molecule has 0 aromatic carbocycles. The molecular formula is C17H19N5O2. The molecule has 3 rings (SSSR count). The van der Waals surface area contributed by atoms with Crippen molar-refractivity contribution in [3.05, 3.63) is 48.4 Å². The van der Waals surface area contributed by atoms with Gasteiger partial charge >= 0.3 is 6.03 Å². The first-order valence-electron chi connectivity index (χ1n) is 7.85. The van der Waals surface area contributed by atoms with Crippen molar-refractivity contribution in [2.45, 2.75) is 19.9 Å². The van der Waals surface area contributed by atoms with Crippen LogP contribution in [0.3, 0.4) is 0 Å². The van der Waals surface area contributed by atoms with Gasteiger partial charge in [0.2, 0.25) is 5.91 Å². The van der Waals surface area contributed by atoms with Gasteiger partial charge in [0.1, 0.15) is 5.82 Å². The van der Waals surface area contributed by atoms with E-state index >= 15 is 0 Å². The minimum Gasteiger partial charge on any atom is -0.332 e. The second-order valence-corrected chi connectivity index (χ2v) is 5.71. The van der Waals surface area contributed by atoms with Crippen LogP contribution >= 0.6 is 0 Å². The standard InChI is InChI=1S/C17H19N5O2/c1-12-6-9-22(16(12)23)14-5-8-19-15(10-14)21-17(24)20-11-13-4-2-3-7-18-13/h2-5,7-8,10,12H,6,9,11H2,1H3,(H2,19,20,21,24). The molecule has 124 valence electrons. The summed E-state index contributed by atoms with van der Waals surface area (Å²) in [5.41, 5.74) is 1.52. The van der Waals surface area contributed by atoms with E-state index in [0.29, 0.717) is 18.9 Å². The fourth-order valence-corrected chi connectivity index (χ4v) is 2.57. The molecule has 1 unspecified atom stereocenters. The van der Waals surface area contributed by atoms with Crippen LogP contribution in [0, 0.1) is 5.92 Å². The molecule has 3 heterocycles. The first kappa shape index (κ1) is 15.9. The Morgan fingerprint density at radius 1 is 1.29 bits per heavy atom. The van der Waals surface area contributed by atoms with E-state index < -0.39 is 0 Å². The van der Waals surface area contributed by atoms with Gasteiger partial charge in [-0.25, -0.2) is 9.78 Å². The lowest BCUT2D eigenvalue weighted by Crippen LogP contribution is -2.29. The fourth-order valence-electron chi connectivity index (χ4n) is 2.57. The highest BCUT2D eigenvalue weighted by atomic mass is 16.2. The molecule has 2 N–H and O–H groups in total.